The van der Waals surface area contributed by atoms with Crippen LogP contribution in [0.25, 0.3) is 0 Å². The third-order valence-electron chi connectivity index (χ3n) is 3.58. The molecule has 0 unspecified atom stereocenters. The van der Waals surface area contributed by atoms with Crippen molar-refractivity contribution in [1.82, 2.24) is 9.88 Å². The molecule has 1 aromatic rings. The van der Waals surface area contributed by atoms with E-state index in [1.807, 2.05) is 6.20 Å². The fourth-order valence-electron chi connectivity index (χ4n) is 2.66. The van der Waals surface area contributed by atoms with Crippen molar-refractivity contribution < 1.29 is 4.79 Å². The molecule has 0 saturated carbocycles. The number of carbonyl (C=O) groups excluding carboxylic acids is 1. The van der Waals surface area contributed by atoms with E-state index in [-0.39, 0.29) is 11.9 Å². The van der Waals surface area contributed by atoms with E-state index in [0.717, 1.165) is 43.6 Å². The molecule has 2 N–H and O–H groups in total. The molecule has 1 aliphatic heterocycles. The topological polar surface area (TPSA) is 59.2 Å². The molecule has 1 fully saturated rings. The Bertz CT molecular complexity index is 428. The second-order valence-electron chi connectivity index (χ2n) is 5.79. The zero-order chi connectivity index (χ0) is 13.8. The van der Waals surface area contributed by atoms with E-state index in [1.54, 1.807) is 0 Å². The summed E-state index contributed by atoms with van der Waals surface area (Å²) in [6, 6.07) is 4.10. The number of rotatable bonds is 5. The molecule has 0 spiro atoms. The minimum Gasteiger partial charge on any atom is -0.368 e. The molecule has 2 rings (SSSR count). The van der Waals surface area contributed by atoms with Crippen molar-refractivity contribution in [3.63, 3.8) is 0 Å². The molecule has 0 aromatic carbocycles. The summed E-state index contributed by atoms with van der Waals surface area (Å²) in [5, 5.41) is 0. The van der Waals surface area contributed by atoms with Crippen LogP contribution in [0.15, 0.2) is 18.3 Å². The standard InChI is InChI=1S/C15H23N3O/c1-11(2)8-13-6-5-12(9-17-13)10-18-7-3-4-14(18)15(16)19/h5-6,9,11,14H,3-4,7-8,10H2,1-2H3,(H2,16,19)/t14-/m1/s1. The lowest BCUT2D eigenvalue weighted by molar-refractivity contribution is -0.122. The van der Waals surface area contributed by atoms with E-state index >= 15 is 0 Å². The lowest BCUT2D eigenvalue weighted by Gasteiger charge is -2.21. The van der Waals surface area contributed by atoms with Crippen LogP contribution in [0.2, 0.25) is 0 Å². The van der Waals surface area contributed by atoms with Gasteiger partial charge < -0.3 is 5.73 Å². The highest BCUT2D eigenvalue weighted by atomic mass is 16.1. The van der Waals surface area contributed by atoms with Gasteiger partial charge in [0.1, 0.15) is 0 Å². The molecule has 19 heavy (non-hydrogen) atoms. The fraction of sp³-hybridized carbons (Fsp3) is 0.600. The van der Waals surface area contributed by atoms with Gasteiger partial charge in [0, 0.05) is 18.4 Å². The van der Waals surface area contributed by atoms with Gasteiger partial charge in [-0.15, -0.1) is 0 Å². The van der Waals surface area contributed by atoms with Gasteiger partial charge in [0.15, 0.2) is 0 Å². The summed E-state index contributed by atoms with van der Waals surface area (Å²) >= 11 is 0. The Labute approximate surface area is 115 Å². The maximum Gasteiger partial charge on any atom is 0.234 e. The molecule has 4 heteroatoms. The second kappa shape index (κ2) is 6.15. The SMILES string of the molecule is CC(C)Cc1ccc(CN2CCC[C@@H]2C(N)=O)cn1. The van der Waals surface area contributed by atoms with Crippen LogP contribution in [0, 0.1) is 5.92 Å². The average molecular weight is 261 g/mol. The van der Waals surface area contributed by atoms with Gasteiger partial charge in [-0.25, -0.2) is 0 Å². The number of likely N-dealkylation sites (tertiary alicyclic amines) is 1. The van der Waals surface area contributed by atoms with Gasteiger partial charge in [-0.1, -0.05) is 19.9 Å². The van der Waals surface area contributed by atoms with E-state index in [9.17, 15) is 4.79 Å². The van der Waals surface area contributed by atoms with Crippen molar-refractivity contribution in [1.29, 1.82) is 0 Å². The fourth-order valence-corrected chi connectivity index (χ4v) is 2.66. The first kappa shape index (κ1) is 14.0. The number of amides is 1. The Morgan fingerprint density at radius 3 is 2.89 bits per heavy atom. The lowest BCUT2D eigenvalue weighted by atomic mass is 10.1. The first-order chi connectivity index (χ1) is 9.06. The van der Waals surface area contributed by atoms with Crippen LogP contribution in [-0.2, 0) is 17.8 Å². The van der Waals surface area contributed by atoms with Crippen molar-refractivity contribution in [2.45, 2.75) is 45.7 Å². The van der Waals surface area contributed by atoms with Crippen LogP contribution in [-0.4, -0.2) is 28.4 Å². The summed E-state index contributed by atoms with van der Waals surface area (Å²) in [7, 11) is 0. The van der Waals surface area contributed by atoms with E-state index in [4.69, 9.17) is 5.73 Å². The number of hydrogen-bond donors (Lipinski definition) is 1. The molecule has 104 valence electrons. The van der Waals surface area contributed by atoms with E-state index < -0.39 is 0 Å². The lowest BCUT2D eigenvalue weighted by Crippen LogP contribution is -2.39. The van der Waals surface area contributed by atoms with Gasteiger partial charge in [-0.05, 0) is 43.4 Å². The number of carbonyl (C=O) groups is 1. The number of primary amides is 1. The summed E-state index contributed by atoms with van der Waals surface area (Å²) in [6.07, 6.45) is 4.86. The van der Waals surface area contributed by atoms with Crippen LogP contribution in [0.1, 0.15) is 37.9 Å². The highest BCUT2D eigenvalue weighted by Crippen LogP contribution is 2.19. The maximum absolute atomic E-state index is 11.3. The van der Waals surface area contributed by atoms with E-state index in [1.165, 1.54) is 0 Å². The first-order valence-electron chi connectivity index (χ1n) is 7.03. The molecule has 1 aliphatic rings. The van der Waals surface area contributed by atoms with Crippen molar-refractivity contribution in [2.75, 3.05) is 6.54 Å². The zero-order valence-electron chi connectivity index (χ0n) is 11.8. The minimum atomic E-state index is -0.207. The number of pyridine rings is 1. The van der Waals surface area contributed by atoms with Crippen molar-refractivity contribution in [3.05, 3.63) is 29.6 Å². The van der Waals surface area contributed by atoms with Gasteiger partial charge in [0.2, 0.25) is 5.91 Å². The summed E-state index contributed by atoms with van der Waals surface area (Å²) < 4.78 is 0. The highest BCUT2D eigenvalue weighted by Gasteiger charge is 2.28. The molecule has 1 saturated heterocycles. The highest BCUT2D eigenvalue weighted by molar-refractivity contribution is 5.80. The normalized spacial score (nSPS) is 20.1. The van der Waals surface area contributed by atoms with Crippen molar-refractivity contribution in [2.24, 2.45) is 11.7 Å². The third kappa shape index (κ3) is 3.77. The number of nitrogens with zero attached hydrogens (tertiary/aromatic N) is 2. The summed E-state index contributed by atoms with van der Waals surface area (Å²) in [4.78, 5) is 18.0. The van der Waals surface area contributed by atoms with Crippen molar-refractivity contribution >= 4 is 5.91 Å². The molecule has 1 aromatic heterocycles. The van der Waals surface area contributed by atoms with Gasteiger partial charge in [0.05, 0.1) is 6.04 Å². The Kier molecular flexibility index (Phi) is 4.53. The summed E-state index contributed by atoms with van der Waals surface area (Å²) in [6.45, 7) is 6.10. The van der Waals surface area contributed by atoms with Crippen LogP contribution in [0.4, 0.5) is 0 Å². The van der Waals surface area contributed by atoms with E-state index in [2.05, 4.69) is 35.9 Å². The molecule has 1 amide bonds. The third-order valence-corrected chi connectivity index (χ3v) is 3.58. The van der Waals surface area contributed by atoms with Gasteiger partial charge >= 0.3 is 0 Å². The monoisotopic (exact) mass is 261 g/mol. The second-order valence-corrected chi connectivity index (χ2v) is 5.79. The molecule has 2 heterocycles. The maximum atomic E-state index is 11.3. The Morgan fingerprint density at radius 1 is 1.53 bits per heavy atom. The molecular weight excluding hydrogens is 238 g/mol. The molecule has 0 radical (unpaired) electrons. The molecule has 1 atom stereocenters. The van der Waals surface area contributed by atoms with Gasteiger partial charge in [-0.3, -0.25) is 14.7 Å². The largest absolute Gasteiger partial charge is 0.368 e. The smallest absolute Gasteiger partial charge is 0.234 e. The summed E-state index contributed by atoms with van der Waals surface area (Å²) in [5.41, 5.74) is 7.71. The van der Waals surface area contributed by atoms with Crippen LogP contribution in [0.5, 0.6) is 0 Å². The van der Waals surface area contributed by atoms with Crippen LogP contribution >= 0.6 is 0 Å². The molecule has 0 aliphatic carbocycles. The Hall–Kier alpha value is -1.42. The first-order valence-corrected chi connectivity index (χ1v) is 7.03. The zero-order valence-corrected chi connectivity index (χ0v) is 11.8. The Balaban J connectivity index is 1.97. The van der Waals surface area contributed by atoms with E-state index in [0.29, 0.717) is 5.92 Å². The number of aromatic nitrogens is 1. The van der Waals surface area contributed by atoms with Crippen molar-refractivity contribution in [3.8, 4) is 0 Å². The quantitative estimate of drug-likeness (QED) is 0.878. The minimum absolute atomic E-state index is 0.102. The van der Waals surface area contributed by atoms with Gasteiger partial charge in [0.25, 0.3) is 0 Å². The summed E-state index contributed by atoms with van der Waals surface area (Å²) in [5.74, 6) is 0.415. The van der Waals surface area contributed by atoms with Crippen LogP contribution in [0.3, 0.4) is 0 Å². The predicted molar refractivity (Wildman–Crippen MR) is 75.4 cm³/mol. The molecular formula is C15H23N3O. The molecule has 0 bridgehead atoms. The van der Waals surface area contributed by atoms with Crippen LogP contribution < -0.4 is 5.73 Å². The molecule has 4 nitrogen and oxygen atoms in total. The predicted octanol–water partition coefficient (Wildman–Crippen LogP) is 1.73. The van der Waals surface area contributed by atoms with Gasteiger partial charge in [-0.2, -0.15) is 0 Å². The number of hydrogen-bond acceptors (Lipinski definition) is 3. The average Bonchev–Trinajstić information content (AvgIpc) is 2.79. The Morgan fingerprint density at radius 2 is 2.32 bits per heavy atom. The number of nitrogens with two attached hydrogens (primary N) is 1.